The van der Waals surface area contributed by atoms with E-state index in [1.54, 1.807) is 6.26 Å². The van der Waals surface area contributed by atoms with Gasteiger partial charge < -0.3 is 9.73 Å². The predicted molar refractivity (Wildman–Crippen MR) is 60.1 cm³/mol. The highest BCUT2D eigenvalue weighted by molar-refractivity contribution is 5.58. The molecule has 2 nitrogen and oxygen atoms in total. The second-order valence-corrected chi connectivity index (χ2v) is 3.76. The molecule has 1 aromatic rings. The van der Waals surface area contributed by atoms with E-state index in [4.69, 9.17) is 4.42 Å². The summed E-state index contributed by atoms with van der Waals surface area (Å²) in [7, 11) is 0. The zero-order chi connectivity index (χ0) is 10.4. The largest absolute Gasteiger partial charge is 0.465 e. The third-order valence-electron chi connectivity index (χ3n) is 2.06. The fraction of sp³-hybridized carbons (Fsp3) is 0.500. The molecule has 0 saturated carbocycles. The van der Waals surface area contributed by atoms with E-state index in [1.807, 2.05) is 12.1 Å². The number of nitrogens with one attached hydrogen (secondary N) is 1. The Bertz CT molecular complexity index is 273. The highest BCUT2D eigenvalue weighted by atomic mass is 16.3. The standard InChI is InChI=1S/C12H19NO/c1-10(2)13-8-4-6-11(3)12-7-5-9-14-12/h5-7,9-10,13H,4,8H2,1-3H3. The molecular weight excluding hydrogens is 174 g/mol. The molecule has 0 aliphatic rings. The van der Waals surface area contributed by atoms with Crippen LogP contribution in [0.25, 0.3) is 5.57 Å². The summed E-state index contributed by atoms with van der Waals surface area (Å²) < 4.78 is 5.28. The van der Waals surface area contributed by atoms with Gasteiger partial charge in [0.05, 0.1) is 6.26 Å². The normalized spacial score (nSPS) is 12.4. The molecular formula is C12H19NO. The van der Waals surface area contributed by atoms with Crippen LogP contribution >= 0.6 is 0 Å². The van der Waals surface area contributed by atoms with Gasteiger partial charge in [0.15, 0.2) is 0 Å². The fourth-order valence-electron chi connectivity index (χ4n) is 1.26. The number of allylic oxidation sites excluding steroid dienone is 1. The molecule has 0 aromatic carbocycles. The number of hydrogen-bond acceptors (Lipinski definition) is 2. The molecule has 1 aromatic heterocycles. The van der Waals surface area contributed by atoms with Crippen molar-refractivity contribution in [1.82, 2.24) is 5.32 Å². The third-order valence-corrected chi connectivity index (χ3v) is 2.06. The Hall–Kier alpha value is -1.02. The highest BCUT2D eigenvalue weighted by Gasteiger charge is 1.96. The molecule has 0 aliphatic heterocycles. The maximum atomic E-state index is 5.28. The van der Waals surface area contributed by atoms with Crippen molar-refractivity contribution in [1.29, 1.82) is 0 Å². The minimum atomic E-state index is 0.562. The van der Waals surface area contributed by atoms with Crippen molar-refractivity contribution in [3.8, 4) is 0 Å². The predicted octanol–water partition coefficient (Wildman–Crippen LogP) is 3.07. The lowest BCUT2D eigenvalue weighted by Crippen LogP contribution is -2.23. The average molecular weight is 193 g/mol. The van der Waals surface area contributed by atoms with Crippen molar-refractivity contribution in [2.24, 2.45) is 0 Å². The molecule has 1 N–H and O–H groups in total. The summed E-state index contributed by atoms with van der Waals surface area (Å²) in [5.41, 5.74) is 1.21. The molecule has 0 fully saturated rings. The van der Waals surface area contributed by atoms with Crippen LogP contribution in [-0.4, -0.2) is 12.6 Å². The summed E-state index contributed by atoms with van der Waals surface area (Å²) in [6, 6.07) is 4.47. The summed E-state index contributed by atoms with van der Waals surface area (Å²) >= 11 is 0. The van der Waals surface area contributed by atoms with E-state index in [9.17, 15) is 0 Å². The lowest BCUT2D eigenvalue weighted by Gasteiger charge is -2.05. The molecule has 0 radical (unpaired) electrons. The molecule has 78 valence electrons. The van der Waals surface area contributed by atoms with Crippen molar-refractivity contribution in [3.05, 3.63) is 30.2 Å². The van der Waals surface area contributed by atoms with E-state index < -0.39 is 0 Å². The Labute approximate surface area is 86.0 Å². The Morgan fingerprint density at radius 3 is 2.93 bits per heavy atom. The molecule has 0 unspecified atom stereocenters. The summed E-state index contributed by atoms with van der Waals surface area (Å²) in [6.45, 7) is 7.41. The lowest BCUT2D eigenvalue weighted by molar-refractivity contribution is 0.552. The van der Waals surface area contributed by atoms with Crippen LogP contribution in [0.2, 0.25) is 0 Å². The van der Waals surface area contributed by atoms with Gasteiger partial charge in [-0.1, -0.05) is 19.9 Å². The van der Waals surface area contributed by atoms with E-state index in [-0.39, 0.29) is 0 Å². The minimum absolute atomic E-state index is 0.562. The summed E-state index contributed by atoms with van der Waals surface area (Å²) in [5.74, 6) is 0.967. The van der Waals surface area contributed by atoms with Crippen LogP contribution in [-0.2, 0) is 0 Å². The fourth-order valence-corrected chi connectivity index (χ4v) is 1.26. The second kappa shape index (κ2) is 5.66. The quantitative estimate of drug-likeness (QED) is 0.727. The van der Waals surface area contributed by atoms with Crippen LogP contribution in [0, 0.1) is 0 Å². The Morgan fingerprint density at radius 1 is 1.57 bits per heavy atom. The van der Waals surface area contributed by atoms with Crippen LogP contribution in [0.1, 0.15) is 33.0 Å². The highest BCUT2D eigenvalue weighted by Crippen LogP contribution is 2.13. The van der Waals surface area contributed by atoms with Crippen molar-refractivity contribution in [3.63, 3.8) is 0 Å². The van der Waals surface area contributed by atoms with Gasteiger partial charge in [-0.05, 0) is 37.6 Å². The molecule has 1 rings (SSSR count). The first kappa shape index (κ1) is 11.1. The third kappa shape index (κ3) is 3.79. The Morgan fingerprint density at radius 2 is 2.36 bits per heavy atom. The first-order valence-electron chi connectivity index (χ1n) is 5.14. The van der Waals surface area contributed by atoms with Gasteiger partial charge >= 0.3 is 0 Å². The van der Waals surface area contributed by atoms with Gasteiger partial charge in [0.25, 0.3) is 0 Å². The van der Waals surface area contributed by atoms with Crippen LogP contribution in [0.4, 0.5) is 0 Å². The maximum absolute atomic E-state index is 5.28. The molecule has 0 amide bonds. The van der Waals surface area contributed by atoms with Crippen LogP contribution < -0.4 is 5.32 Å². The summed E-state index contributed by atoms with van der Waals surface area (Å²) in [4.78, 5) is 0. The van der Waals surface area contributed by atoms with Crippen LogP contribution in [0.5, 0.6) is 0 Å². The summed E-state index contributed by atoms with van der Waals surface area (Å²) in [6.07, 6.45) is 4.96. The van der Waals surface area contributed by atoms with E-state index >= 15 is 0 Å². The lowest BCUT2D eigenvalue weighted by atomic mass is 10.2. The van der Waals surface area contributed by atoms with Crippen LogP contribution in [0.15, 0.2) is 28.9 Å². The van der Waals surface area contributed by atoms with Crippen molar-refractivity contribution in [2.45, 2.75) is 33.2 Å². The number of rotatable bonds is 5. The van der Waals surface area contributed by atoms with E-state index in [0.717, 1.165) is 18.7 Å². The van der Waals surface area contributed by atoms with Crippen molar-refractivity contribution < 1.29 is 4.42 Å². The molecule has 1 heterocycles. The molecule has 0 bridgehead atoms. The monoisotopic (exact) mass is 193 g/mol. The number of furan rings is 1. The molecule has 0 spiro atoms. The first-order chi connectivity index (χ1) is 6.70. The molecule has 2 heteroatoms. The molecule has 0 aliphatic carbocycles. The Kier molecular flexibility index (Phi) is 4.47. The van der Waals surface area contributed by atoms with Gasteiger partial charge in [0.2, 0.25) is 0 Å². The Balaban J connectivity index is 2.31. The zero-order valence-electron chi connectivity index (χ0n) is 9.21. The minimum Gasteiger partial charge on any atom is -0.465 e. The zero-order valence-corrected chi connectivity index (χ0v) is 9.21. The van der Waals surface area contributed by atoms with E-state index in [2.05, 4.69) is 32.2 Å². The summed E-state index contributed by atoms with van der Waals surface area (Å²) in [5, 5.41) is 3.37. The second-order valence-electron chi connectivity index (χ2n) is 3.76. The topological polar surface area (TPSA) is 25.2 Å². The molecule has 0 saturated heterocycles. The van der Waals surface area contributed by atoms with Crippen LogP contribution in [0.3, 0.4) is 0 Å². The van der Waals surface area contributed by atoms with Gasteiger partial charge in [0, 0.05) is 6.04 Å². The van der Waals surface area contributed by atoms with E-state index in [0.29, 0.717) is 6.04 Å². The van der Waals surface area contributed by atoms with Crippen molar-refractivity contribution >= 4 is 5.57 Å². The van der Waals surface area contributed by atoms with Gasteiger partial charge in [-0.15, -0.1) is 0 Å². The van der Waals surface area contributed by atoms with Gasteiger partial charge in [0.1, 0.15) is 5.76 Å². The number of hydrogen-bond donors (Lipinski definition) is 1. The molecule has 14 heavy (non-hydrogen) atoms. The average Bonchev–Trinajstić information content (AvgIpc) is 2.64. The van der Waals surface area contributed by atoms with Crippen molar-refractivity contribution in [2.75, 3.05) is 6.54 Å². The van der Waals surface area contributed by atoms with E-state index in [1.165, 1.54) is 5.57 Å². The molecule has 0 atom stereocenters. The SMILES string of the molecule is CC(=CCCNC(C)C)c1ccco1. The van der Waals surface area contributed by atoms with Gasteiger partial charge in [-0.3, -0.25) is 0 Å². The van der Waals surface area contributed by atoms with Gasteiger partial charge in [-0.2, -0.15) is 0 Å². The smallest absolute Gasteiger partial charge is 0.129 e. The maximum Gasteiger partial charge on any atom is 0.129 e. The van der Waals surface area contributed by atoms with Gasteiger partial charge in [-0.25, -0.2) is 0 Å². The first-order valence-corrected chi connectivity index (χ1v) is 5.14.